The van der Waals surface area contributed by atoms with E-state index in [0.717, 1.165) is 64.2 Å². The molecule has 0 spiro atoms. The molecule has 0 aromatic carbocycles. The fourth-order valence-electron chi connectivity index (χ4n) is 5.94. The molecular formula is C47H82O5. The molecule has 0 aliphatic heterocycles. The molecule has 300 valence electrons. The molecule has 0 bridgehead atoms. The van der Waals surface area contributed by atoms with Gasteiger partial charge in [0.25, 0.3) is 0 Å². The zero-order valence-corrected chi connectivity index (χ0v) is 34.1. The number of unbranched alkanes of at least 4 members (excludes halogenated alkanes) is 21. The van der Waals surface area contributed by atoms with E-state index < -0.39 is 6.10 Å². The molecule has 0 fully saturated rings. The predicted octanol–water partition coefficient (Wildman–Crippen LogP) is 14.0. The topological polar surface area (TPSA) is 72.8 Å². The lowest BCUT2D eigenvalue weighted by molar-refractivity contribution is -0.161. The Hall–Kier alpha value is -2.40. The van der Waals surface area contributed by atoms with Crippen molar-refractivity contribution >= 4 is 11.9 Å². The third kappa shape index (κ3) is 40.4. The summed E-state index contributed by atoms with van der Waals surface area (Å²) in [7, 11) is 0. The number of hydrogen-bond donors (Lipinski definition) is 1. The van der Waals surface area contributed by atoms with Crippen molar-refractivity contribution in [2.24, 2.45) is 0 Å². The molecule has 0 rings (SSSR count). The highest BCUT2D eigenvalue weighted by Crippen LogP contribution is 2.13. The number of aliphatic hydroxyl groups excluding tert-OH is 1. The largest absolute Gasteiger partial charge is 0.462 e. The molecule has 0 aromatic heterocycles. The first-order valence-electron chi connectivity index (χ1n) is 21.8. The van der Waals surface area contributed by atoms with Crippen LogP contribution in [0.2, 0.25) is 0 Å². The van der Waals surface area contributed by atoms with Crippen LogP contribution in [-0.2, 0) is 19.1 Å². The van der Waals surface area contributed by atoms with Crippen LogP contribution in [0.15, 0.2) is 60.8 Å². The summed E-state index contributed by atoms with van der Waals surface area (Å²) in [5, 5.41) is 9.58. The smallest absolute Gasteiger partial charge is 0.306 e. The van der Waals surface area contributed by atoms with Crippen LogP contribution in [0.25, 0.3) is 0 Å². The molecule has 5 heteroatoms. The van der Waals surface area contributed by atoms with Gasteiger partial charge in [-0.2, -0.15) is 0 Å². The van der Waals surface area contributed by atoms with Gasteiger partial charge in [-0.3, -0.25) is 9.59 Å². The third-order valence-corrected chi connectivity index (χ3v) is 9.28. The van der Waals surface area contributed by atoms with Crippen molar-refractivity contribution in [3.8, 4) is 0 Å². The van der Waals surface area contributed by atoms with Gasteiger partial charge >= 0.3 is 11.9 Å². The van der Waals surface area contributed by atoms with E-state index in [4.69, 9.17) is 9.47 Å². The summed E-state index contributed by atoms with van der Waals surface area (Å²) >= 11 is 0. The number of carbonyl (C=O) groups is 2. The molecule has 0 saturated heterocycles. The maximum Gasteiger partial charge on any atom is 0.306 e. The normalized spacial score (nSPS) is 12.8. The van der Waals surface area contributed by atoms with Gasteiger partial charge in [0.1, 0.15) is 6.61 Å². The van der Waals surface area contributed by atoms with Crippen molar-refractivity contribution in [3.05, 3.63) is 60.8 Å². The van der Waals surface area contributed by atoms with Crippen LogP contribution in [0.1, 0.15) is 206 Å². The maximum atomic E-state index is 12.2. The summed E-state index contributed by atoms with van der Waals surface area (Å²) in [6.45, 7) is 4.07. The van der Waals surface area contributed by atoms with Gasteiger partial charge < -0.3 is 14.6 Å². The molecule has 1 atom stereocenters. The second-order valence-electron chi connectivity index (χ2n) is 14.4. The highest BCUT2D eigenvalue weighted by molar-refractivity contribution is 5.70. The lowest BCUT2D eigenvalue weighted by Gasteiger charge is -2.15. The molecule has 0 aliphatic carbocycles. The fraction of sp³-hybridized carbons (Fsp3) is 0.745. The van der Waals surface area contributed by atoms with Gasteiger partial charge in [0, 0.05) is 12.8 Å². The number of hydrogen-bond acceptors (Lipinski definition) is 5. The standard InChI is InChI=1S/C47H82O5/c1-3-5-7-9-11-13-15-17-19-21-23-25-27-29-31-33-35-37-39-41-46(49)51-44-45(43-48)52-47(50)42-40-38-36-34-32-30-28-26-24-22-20-18-16-14-12-10-8-6-4-2/h11-14,17-20,24,26,45,48H,3-10,15-16,21-23,25,27-44H2,1-2H3/b13-11-,14-12-,19-17-,20-18-,26-24-. The molecule has 0 aliphatic rings. The molecule has 5 nitrogen and oxygen atoms in total. The number of rotatable bonds is 39. The SMILES string of the molecule is CCCCC/C=C\C/C=C\C/C=C\CCCCCCCCC(=O)OC(CO)COC(=O)CCCCCCCCCCC/C=C\C/C=C\CCCCC. The Bertz CT molecular complexity index is 915. The van der Waals surface area contributed by atoms with Gasteiger partial charge in [-0.1, -0.05) is 171 Å². The molecule has 0 amide bonds. The van der Waals surface area contributed by atoms with E-state index >= 15 is 0 Å². The van der Waals surface area contributed by atoms with E-state index in [9.17, 15) is 14.7 Å². The fourth-order valence-corrected chi connectivity index (χ4v) is 5.94. The maximum absolute atomic E-state index is 12.2. The van der Waals surface area contributed by atoms with E-state index in [2.05, 4.69) is 74.6 Å². The molecule has 0 radical (unpaired) electrons. The van der Waals surface area contributed by atoms with E-state index in [1.807, 2.05) is 0 Å². The number of esters is 2. The van der Waals surface area contributed by atoms with Crippen molar-refractivity contribution in [3.63, 3.8) is 0 Å². The highest BCUT2D eigenvalue weighted by Gasteiger charge is 2.16. The van der Waals surface area contributed by atoms with Crippen LogP contribution in [0.3, 0.4) is 0 Å². The van der Waals surface area contributed by atoms with Crippen LogP contribution in [-0.4, -0.2) is 36.4 Å². The minimum atomic E-state index is -0.782. The van der Waals surface area contributed by atoms with Gasteiger partial charge in [0.05, 0.1) is 6.61 Å². The van der Waals surface area contributed by atoms with E-state index in [0.29, 0.717) is 12.8 Å². The first-order valence-corrected chi connectivity index (χ1v) is 21.8. The van der Waals surface area contributed by atoms with Crippen molar-refractivity contribution in [2.75, 3.05) is 13.2 Å². The second kappa shape index (κ2) is 43.0. The lowest BCUT2D eigenvalue weighted by atomic mass is 10.1. The zero-order valence-electron chi connectivity index (χ0n) is 34.1. The highest BCUT2D eigenvalue weighted by atomic mass is 16.6. The van der Waals surface area contributed by atoms with Crippen LogP contribution in [0, 0.1) is 0 Å². The quantitative estimate of drug-likeness (QED) is 0.0388. The lowest BCUT2D eigenvalue weighted by Crippen LogP contribution is -2.28. The molecule has 0 aromatic rings. The number of ether oxygens (including phenoxy) is 2. The van der Waals surface area contributed by atoms with Gasteiger partial charge in [0.2, 0.25) is 0 Å². The van der Waals surface area contributed by atoms with E-state index in [1.165, 1.54) is 116 Å². The molecule has 1 N–H and O–H groups in total. The average molecular weight is 727 g/mol. The summed E-state index contributed by atoms with van der Waals surface area (Å²) < 4.78 is 10.6. The van der Waals surface area contributed by atoms with E-state index in [1.54, 1.807) is 0 Å². The summed E-state index contributed by atoms with van der Waals surface area (Å²) in [5.41, 5.74) is 0. The Morgan fingerprint density at radius 3 is 1.15 bits per heavy atom. The van der Waals surface area contributed by atoms with Gasteiger partial charge in [-0.15, -0.1) is 0 Å². The monoisotopic (exact) mass is 727 g/mol. The molecule has 0 heterocycles. The Labute approximate surface area is 321 Å². The summed E-state index contributed by atoms with van der Waals surface area (Å²) in [6.07, 6.45) is 55.7. The number of carbonyl (C=O) groups excluding carboxylic acids is 2. The third-order valence-electron chi connectivity index (χ3n) is 9.28. The minimum Gasteiger partial charge on any atom is -0.462 e. The van der Waals surface area contributed by atoms with Crippen molar-refractivity contribution < 1.29 is 24.2 Å². The van der Waals surface area contributed by atoms with Gasteiger partial charge in [-0.05, 0) is 83.5 Å². The van der Waals surface area contributed by atoms with Crippen molar-refractivity contribution in [1.29, 1.82) is 0 Å². The Morgan fingerprint density at radius 2 is 0.769 bits per heavy atom. The van der Waals surface area contributed by atoms with Gasteiger partial charge in [-0.25, -0.2) is 0 Å². The average Bonchev–Trinajstić information content (AvgIpc) is 3.15. The number of aliphatic hydroxyl groups is 1. The number of allylic oxidation sites excluding steroid dienone is 10. The first-order chi connectivity index (χ1) is 25.6. The van der Waals surface area contributed by atoms with Crippen LogP contribution < -0.4 is 0 Å². The molecule has 52 heavy (non-hydrogen) atoms. The predicted molar refractivity (Wildman–Crippen MR) is 223 cm³/mol. The Balaban J connectivity index is 3.58. The van der Waals surface area contributed by atoms with Crippen LogP contribution in [0.4, 0.5) is 0 Å². The molecule has 1 unspecified atom stereocenters. The summed E-state index contributed by atoms with van der Waals surface area (Å²) in [6, 6.07) is 0. The Kier molecular flexibility index (Phi) is 41.0. The second-order valence-corrected chi connectivity index (χ2v) is 14.4. The summed E-state index contributed by atoms with van der Waals surface area (Å²) in [5.74, 6) is -0.610. The molecule has 0 saturated carbocycles. The van der Waals surface area contributed by atoms with Crippen LogP contribution >= 0.6 is 0 Å². The Morgan fingerprint density at radius 1 is 0.442 bits per heavy atom. The van der Waals surface area contributed by atoms with Crippen molar-refractivity contribution in [1.82, 2.24) is 0 Å². The van der Waals surface area contributed by atoms with Crippen LogP contribution in [0.5, 0.6) is 0 Å². The van der Waals surface area contributed by atoms with Crippen molar-refractivity contribution in [2.45, 2.75) is 213 Å². The minimum absolute atomic E-state index is 0.0751. The molecular weight excluding hydrogens is 645 g/mol. The van der Waals surface area contributed by atoms with Gasteiger partial charge in [0.15, 0.2) is 6.10 Å². The zero-order chi connectivity index (χ0) is 37.8. The first kappa shape index (κ1) is 49.6. The summed E-state index contributed by atoms with van der Waals surface area (Å²) in [4.78, 5) is 24.3. The van der Waals surface area contributed by atoms with E-state index in [-0.39, 0.29) is 25.2 Å².